The van der Waals surface area contributed by atoms with Crippen molar-refractivity contribution in [1.82, 2.24) is 15.2 Å². The Kier molecular flexibility index (Phi) is 7.08. The van der Waals surface area contributed by atoms with E-state index in [0.717, 1.165) is 54.7 Å². The minimum Gasteiger partial charge on any atom is -0.369 e. The highest BCUT2D eigenvalue weighted by molar-refractivity contribution is 7.13. The lowest BCUT2D eigenvalue weighted by Gasteiger charge is -2.36. The SMILES string of the molecule is Cc1cccc(N2CCN(CCCNC(=O)c3sc(C(C)C)nc3C)CC2)c1. The van der Waals surface area contributed by atoms with Gasteiger partial charge in [-0.05, 0) is 44.5 Å². The van der Waals surface area contributed by atoms with Gasteiger partial charge in [-0.15, -0.1) is 11.3 Å². The van der Waals surface area contributed by atoms with E-state index < -0.39 is 0 Å². The topological polar surface area (TPSA) is 48.5 Å². The molecule has 1 aromatic heterocycles. The molecule has 2 heterocycles. The van der Waals surface area contributed by atoms with Crippen molar-refractivity contribution in [1.29, 1.82) is 0 Å². The van der Waals surface area contributed by atoms with E-state index in [1.54, 1.807) is 0 Å². The van der Waals surface area contributed by atoms with Crippen LogP contribution in [0.1, 0.15) is 52.1 Å². The zero-order valence-corrected chi connectivity index (χ0v) is 18.3. The molecule has 0 radical (unpaired) electrons. The summed E-state index contributed by atoms with van der Waals surface area (Å²) in [6, 6.07) is 8.74. The highest BCUT2D eigenvalue weighted by atomic mass is 32.1. The van der Waals surface area contributed by atoms with E-state index in [2.05, 4.69) is 65.1 Å². The van der Waals surface area contributed by atoms with Crippen molar-refractivity contribution in [3.05, 3.63) is 45.4 Å². The van der Waals surface area contributed by atoms with Crippen LogP contribution in [0.3, 0.4) is 0 Å². The lowest BCUT2D eigenvalue weighted by Crippen LogP contribution is -2.47. The molecule has 1 N–H and O–H groups in total. The number of benzene rings is 1. The van der Waals surface area contributed by atoms with E-state index in [9.17, 15) is 4.79 Å². The summed E-state index contributed by atoms with van der Waals surface area (Å²) in [4.78, 5) is 22.6. The number of thiazole rings is 1. The highest BCUT2D eigenvalue weighted by Gasteiger charge is 2.18. The number of amides is 1. The van der Waals surface area contributed by atoms with Gasteiger partial charge in [-0.25, -0.2) is 4.98 Å². The number of hydrogen-bond acceptors (Lipinski definition) is 5. The van der Waals surface area contributed by atoms with Crippen molar-refractivity contribution in [2.75, 3.05) is 44.2 Å². The van der Waals surface area contributed by atoms with Gasteiger partial charge < -0.3 is 10.2 Å². The number of aryl methyl sites for hydroxylation is 2. The summed E-state index contributed by atoms with van der Waals surface area (Å²) in [5.74, 6) is 0.384. The fraction of sp³-hybridized carbons (Fsp3) is 0.545. The lowest BCUT2D eigenvalue weighted by molar-refractivity contribution is 0.0954. The first kappa shape index (κ1) is 20.8. The Bertz CT molecular complexity index is 794. The number of anilines is 1. The monoisotopic (exact) mass is 400 g/mol. The third-order valence-electron chi connectivity index (χ3n) is 5.19. The van der Waals surface area contributed by atoms with Crippen LogP contribution in [0.2, 0.25) is 0 Å². The minimum absolute atomic E-state index is 0.0196. The van der Waals surface area contributed by atoms with Gasteiger partial charge in [0.15, 0.2) is 0 Å². The van der Waals surface area contributed by atoms with E-state index in [0.29, 0.717) is 12.5 Å². The van der Waals surface area contributed by atoms with Gasteiger partial charge >= 0.3 is 0 Å². The van der Waals surface area contributed by atoms with E-state index >= 15 is 0 Å². The van der Waals surface area contributed by atoms with Crippen molar-refractivity contribution in [2.24, 2.45) is 0 Å². The summed E-state index contributed by atoms with van der Waals surface area (Å²) >= 11 is 1.52. The van der Waals surface area contributed by atoms with E-state index in [-0.39, 0.29) is 5.91 Å². The minimum atomic E-state index is 0.0196. The van der Waals surface area contributed by atoms with Gasteiger partial charge in [-0.1, -0.05) is 26.0 Å². The number of nitrogens with zero attached hydrogens (tertiary/aromatic N) is 3. The molecule has 0 unspecified atom stereocenters. The number of aromatic nitrogens is 1. The van der Waals surface area contributed by atoms with Crippen LogP contribution in [0.25, 0.3) is 0 Å². The van der Waals surface area contributed by atoms with E-state index in [4.69, 9.17) is 0 Å². The van der Waals surface area contributed by atoms with Crippen molar-refractivity contribution < 1.29 is 4.79 Å². The fourth-order valence-corrected chi connectivity index (χ4v) is 4.50. The molecule has 0 saturated carbocycles. The lowest BCUT2D eigenvalue weighted by atomic mass is 10.2. The van der Waals surface area contributed by atoms with Crippen molar-refractivity contribution in [3.8, 4) is 0 Å². The van der Waals surface area contributed by atoms with Gasteiger partial charge in [0.1, 0.15) is 4.88 Å². The molecular formula is C22H32N4OS. The largest absolute Gasteiger partial charge is 0.369 e. The number of piperazine rings is 1. The van der Waals surface area contributed by atoms with E-state index in [1.807, 2.05) is 6.92 Å². The molecule has 0 bridgehead atoms. The van der Waals surface area contributed by atoms with Crippen LogP contribution in [0, 0.1) is 13.8 Å². The molecule has 1 aromatic carbocycles. The van der Waals surface area contributed by atoms with E-state index in [1.165, 1.54) is 22.6 Å². The fourth-order valence-electron chi connectivity index (χ4n) is 3.51. The Hall–Kier alpha value is -1.92. The Morgan fingerprint density at radius 1 is 1.21 bits per heavy atom. The summed E-state index contributed by atoms with van der Waals surface area (Å²) in [6.07, 6.45) is 0.977. The predicted molar refractivity (Wildman–Crippen MR) is 118 cm³/mol. The van der Waals surface area contributed by atoms with Crippen LogP contribution >= 0.6 is 11.3 Å². The standard InChI is InChI=1S/C22H32N4OS/c1-16(2)22-24-18(4)20(28-22)21(27)23-9-6-10-25-11-13-26(14-12-25)19-8-5-7-17(3)15-19/h5,7-8,15-16H,6,9-14H2,1-4H3,(H,23,27). The number of carbonyl (C=O) groups excluding carboxylic acids is 1. The summed E-state index contributed by atoms with van der Waals surface area (Å²) in [5, 5.41) is 4.10. The molecule has 3 rings (SSSR count). The molecule has 0 aliphatic carbocycles. The maximum atomic E-state index is 12.4. The zero-order valence-electron chi connectivity index (χ0n) is 17.5. The normalized spacial score (nSPS) is 15.2. The molecule has 0 spiro atoms. The first-order valence-corrected chi connectivity index (χ1v) is 11.0. The molecule has 1 amide bonds. The molecule has 152 valence electrons. The maximum Gasteiger partial charge on any atom is 0.263 e. The van der Waals surface area contributed by atoms with Gasteiger partial charge in [0.05, 0.1) is 10.7 Å². The zero-order chi connectivity index (χ0) is 20.1. The number of hydrogen-bond donors (Lipinski definition) is 1. The van der Waals surface area contributed by atoms with Gasteiger partial charge in [-0.3, -0.25) is 9.69 Å². The molecule has 1 aliphatic heterocycles. The Morgan fingerprint density at radius 2 is 1.96 bits per heavy atom. The molecule has 1 aliphatic rings. The third kappa shape index (κ3) is 5.32. The second kappa shape index (κ2) is 9.52. The van der Waals surface area contributed by atoms with Gasteiger partial charge in [0.2, 0.25) is 0 Å². The quantitative estimate of drug-likeness (QED) is 0.718. The third-order valence-corrected chi connectivity index (χ3v) is 6.65. The first-order chi connectivity index (χ1) is 13.4. The van der Waals surface area contributed by atoms with Gasteiger partial charge in [0, 0.05) is 44.3 Å². The second-order valence-electron chi connectivity index (χ2n) is 7.90. The van der Waals surface area contributed by atoms with Crippen LogP contribution in [-0.4, -0.2) is 55.1 Å². The average molecular weight is 401 g/mol. The predicted octanol–water partition coefficient (Wildman–Crippen LogP) is 3.83. The van der Waals surface area contributed by atoms with Crippen LogP contribution in [0.15, 0.2) is 24.3 Å². The summed E-state index contributed by atoms with van der Waals surface area (Å²) in [6.45, 7) is 14.3. The smallest absolute Gasteiger partial charge is 0.263 e. The number of rotatable bonds is 7. The number of carbonyl (C=O) groups is 1. The molecule has 2 aromatic rings. The van der Waals surface area contributed by atoms with Crippen LogP contribution < -0.4 is 10.2 Å². The summed E-state index contributed by atoms with van der Waals surface area (Å²) in [7, 11) is 0. The van der Waals surface area contributed by atoms with Crippen LogP contribution in [0.5, 0.6) is 0 Å². The molecule has 1 fully saturated rings. The Labute approximate surface area is 172 Å². The van der Waals surface area contributed by atoms with Crippen LogP contribution in [0.4, 0.5) is 5.69 Å². The molecule has 6 heteroatoms. The maximum absolute atomic E-state index is 12.4. The average Bonchev–Trinajstić information content (AvgIpc) is 3.08. The molecule has 1 saturated heterocycles. The first-order valence-electron chi connectivity index (χ1n) is 10.2. The van der Waals surface area contributed by atoms with Crippen molar-refractivity contribution in [2.45, 2.75) is 40.0 Å². The van der Waals surface area contributed by atoms with Crippen LogP contribution in [-0.2, 0) is 0 Å². The summed E-state index contributed by atoms with van der Waals surface area (Å²) in [5.41, 5.74) is 3.48. The molecule has 28 heavy (non-hydrogen) atoms. The Balaban J connectivity index is 1.38. The number of nitrogens with one attached hydrogen (secondary N) is 1. The molecule has 0 atom stereocenters. The van der Waals surface area contributed by atoms with Crippen molar-refractivity contribution in [3.63, 3.8) is 0 Å². The van der Waals surface area contributed by atoms with Gasteiger partial charge in [0.25, 0.3) is 5.91 Å². The molecule has 5 nitrogen and oxygen atoms in total. The highest BCUT2D eigenvalue weighted by Crippen LogP contribution is 2.24. The summed E-state index contributed by atoms with van der Waals surface area (Å²) < 4.78 is 0. The molecular weight excluding hydrogens is 368 g/mol. The van der Waals surface area contributed by atoms with Crippen molar-refractivity contribution >= 4 is 22.9 Å². The van der Waals surface area contributed by atoms with Gasteiger partial charge in [-0.2, -0.15) is 0 Å². The second-order valence-corrected chi connectivity index (χ2v) is 8.93. The Morgan fingerprint density at radius 3 is 2.61 bits per heavy atom.